The molecule has 3 rings (SSSR count). The highest BCUT2D eigenvalue weighted by atomic mass is 32.2. The van der Waals surface area contributed by atoms with Gasteiger partial charge in [-0.05, 0) is 49.4 Å². The van der Waals surface area contributed by atoms with Crippen LogP contribution in [-0.4, -0.2) is 45.6 Å². The van der Waals surface area contributed by atoms with Crippen LogP contribution < -0.4 is 9.46 Å². The SMILES string of the molecule is COc1ccc(S(=O)(=O)N[C@@H]2CN(C3CC3)C[C@@H]2C)cc1C. The zero-order valence-corrected chi connectivity index (χ0v) is 14.2. The maximum Gasteiger partial charge on any atom is 0.240 e. The normalized spacial score (nSPS) is 26.3. The Balaban J connectivity index is 1.74. The molecule has 0 unspecified atom stereocenters. The number of hydrogen-bond donors (Lipinski definition) is 1. The van der Waals surface area contributed by atoms with E-state index in [9.17, 15) is 8.42 Å². The third-order valence-electron chi connectivity index (χ3n) is 4.69. The quantitative estimate of drug-likeness (QED) is 0.897. The first kappa shape index (κ1) is 15.8. The van der Waals surface area contributed by atoms with Crippen LogP contribution in [0.1, 0.15) is 25.3 Å². The van der Waals surface area contributed by atoms with E-state index >= 15 is 0 Å². The van der Waals surface area contributed by atoms with Crippen molar-refractivity contribution in [1.29, 1.82) is 0 Å². The molecule has 1 N–H and O–H groups in total. The Kier molecular flexibility index (Phi) is 4.18. The van der Waals surface area contributed by atoms with E-state index in [1.54, 1.807) is 25.3 Å². The van der Waals surface area contributed by atoms with Crippen LogP contribution in [0.2, 0.25) is 0 Å². The van der Waals surface area contributed by atoms with Crippen molar-refractivity contribution < 1.29 is 13.2 Å². The van der Waals surface area contributed by atoms with E-state index < -0.39 is 10.0 Å². The van der Waals surface area contributed by atoms with Gasteiger partial charge in [-0.25, -0.2) is 13.1 Å². The summed E-state index contributed by atoms with van der Waals surface area (Å²) >= 11 is 0. The molecule has 1 saturated carbocycles. The Morgan fingerprint density at radius 2 is 2.00 bits per heavy atom. The van der Waals surface area contributed by atoms with Crippen molar-refractivity contribution >= 4 is 10.0 Å². The van der Waals surface area contributed by atoms with E-state index in [0.29, 0.717) is 22.6 Å². The van der Waals surface area contributed by atoms with Gasteiger partial charge in [-0.2, -0.15) is 0 Å². The second-order valence-corrected chi connectivity index (χ2v) is 8.24. The first-order valence-corrected chi connectivity index (χ1v) is 9.30. The lowest BCUT2D eigenvalue weighted by Crippen LogP contribution is -2.40. The van der Waals surface area contributed by atoms with Gasteiger partial charge in [0.2, 0.25) is 10.0 Å². The van der Waals surface area contributed by atoms with Crippen molar-refractivity contribution in [3.05, 3.63) is 23.8 Å². The molecule has 122 valence electrons. The lowest BCUT2D eigenvalue weighted by molar-refractivity contribution is 0.315. The second kappa shape index (κ2) is 5.83. The Bertz CT molecular complexity index is 655. The summed E-state index contributed by atoms with van der Waals surface area (Å²) in [5, 5.41) is 0. The van der Waals surface area contributed by atoms with E-state index in [4.69, 9.17) is 4.74 Å². The van der Waals surface area contributed by atoms with Gasteiger partial charge in [-0.3, -0.25) is 4.90 Å². The van der Waals surface area contributed by atoms with Gasteiger partial charge in [0.25, 0.3) is 0 Å². The number of hydrogen-bond acceptors (Lipinski definition) is 4. The molecule has 5 nitrogen and oxygen atoms in total. The summed E-state index contributed by atoms with van der Waals surface area (Å²) in [6.07, 6.45) is 2.51. The molecule has 0 aromatic heterocycles. The fraction of sp³-hybridized carbons (Fsp3) is 0.625. The van der Waals surface area contributed by atoms with Crippen molar-refractivity contribution in [2.75, 3.05) is 20.2 Å². The second-order valence-electron chi connectivity index (χ2n) is 6.52. The van der Waals surface area contributed by atoms with E-state index in [1.165, 1.54) is 12.8 Å². The number of nitrogens with zero attached hydrogens (tertiary/aromatic N) is 1. The third kappa shape index (κ3) is 3.14. The molecule has 0 radical (unpaired) electrons. The van der Waals surface area contributed by atoms with E-state index in [2.05, 4.69) is 16.5 Å². The highest BCUT2D eigenvalue weighted by Crippen LogP contribution is 2.32. The number of methoxy groups -OCH3 is 1. The minimum Gasteiger partial charge on any atom is -0.496 e. The van der Waals surface area contributed by atoms with Crippen molar-refractivity contribution in [3.8, 4) is 5.75 Å². The Labute approximate surface area is 132 Å². The van der Waals surface area contributed by atoms with Gasteiger partial charge < -0.3 is 4.74 Å². The Morgan fingerprint density at radius 1 is 1.27 bits per heavy atom. The van der Waals surface area contributed by atoms with Crippen LogP contribution in [0, 0.1) is 12.8 Å². The van der Waals surface area contributed by atoms with Gasteiger partial charge in [0.05, 0.1) is 12.0 Å². The molecule has 0 amide bonds. The molecule has 1 aliphatic carbocycles. The van der Waals surface area contributed by atoms with Gasteiger partial charge >= 0.3 is 0 Å². The summed E-state index contributed by atoms with van der Waals surface area (Å²) in [4.78, 5) is 2.72. The summed E-state index contributed by atoms with van der Waals surface area (Å²) in [5.41, 5.74) is 0.824. The molecule has 0 bridgehead atoms. The molecule has 1 saturated heterocycles. The minimum atomic E-state index is -3.49. The van der Waals surface area contributed by atoms with Crippen molar-refractivity contribution in [2.45, 2.75) is 43.7 Å². The summed E-state index contributed by atoms with van der Waals surface area (Å²) in [5.74, 6) is 1.04. The van der Waals surface area contributed by atoms with E-state index in [1.807, 2.05) is 6.92 Å². The maximum atomic E-state index is 12.6. The van der Waals surface area contributed by atoms with E-state index in [0.717, 1.165) is 18.7 Å². The number of aryl methyl sites for hydroxylation is 1. The highest BCUT2D eigenvalue weighted by Gasteiger charge is 2.39. The largest absolute Gasteiger partial charge is 0.496 e. The maximum absolute atomic E-state index is 12.6. The summed E-state index contributed by atoms with van der Waals surface area (Å²) < 4.78 is 33.3. The van der Waals surface area contributed by atoms with Crippen LogP contribution in [0.15, 0.2) is 23.1 Å². The number of sulfonamides is 1. The van der Waals surface area contributed by atoms with Crippen LogP contribution >= 0.6 is 0 Å². The van der Waals surface area contributed by atoms with Gasteiger partial charge in [0.1, 0.15) is 5.75 Å². The summed E-state index contributed by atoms with van der Waals surface area (Å²) in [6, 6.07) is 5.65. The molecule has 2 atom stereocenters. The number of rotatable bonds is 5. The monoisotopic (exact) mass is 324 g/mol. The lowest BCUT2D eigenvalue weighted by atomic mass is 10.1. The average molecular weight is 324 g/mol. The van der Waals surface area contributed by atoms with Crippen LogP contribution in [-0.2, 0) is 10.0 Å². The van der Waals surface area contributed by atoms with Gasteiger partial charge in [0.15, 0.2) is 0 Å². The van der Waals surface area contributed by atoms with E-state index in [-0.39, 0.29) is 6.04 Å². The molecule has 1 aliphatic heterocycles. The lowest BCUT2D eigenvalue weighted by Gasteiger charge is -2.17. The fourth-order valence-electron chi connectivity index (χ4n) is 3.18. The predicted molar refractivity (Wildman–Crippen MR) is 85.6 cm³/mol. The Hall–Kier alpha value is -1.11. The van der Waals surface area contributed by atoms with Crippen LogP contribution in [0.3, 0.4) is 0 Å². The van der Waals surface area contributed by atoms with Crippen molar-refractivity contribution in [3.63, 3.8) is 0 Å². The summed E-state index contributed by atoms with van der Waals surface area (Å²) in [6.45, 7) is 5.78. The predicted octanol–water partition coefficient (Wildman–Crippen LogP) is 1.76. The average Bonchev–Trinajstić information content (AvgIpc) is 3.25. The zero-order chi connectivity index (χ0) is 15.9. The number of likely N-dealkylation sites (tertiary alicyclic amines) is 1. The van der Waals surface area contributed by atoms with Crippen LogP contribution in [0.4, 0.5) is 0 Å². The molecule has 2 fully saturated rings. The minimum absolute atomic E-state index is 0.00647. The molecular formula is C16H24N2O3S. The molecule has 6 heteroatoms. The molecule has 1 aromatic rings. The first-order chi connectivity index (χ1) is 10.4. The van der Waals surface area contributed by atoms with Gasteiger partial charge in [-0.15, -0.1) is 0 Å². The zero-order valence-electron chi connectivity index (χ0n) is 13.4. The standard InChI is InChI=1S/C16H24N2O3S/c1-11-8-14(6-7-16(11)21-3)22(19,20)17-15-10-18(9-12(15)2)13-4-5-13/h6-8,12-13,15,17H,4-5,9-10H2,1-3H3/t12-,15+/m0/s1. The number of ether oxygens (including phenoxy) is 1. The molecule has 1 heterocycles. The van der Waals surface area contributed by atoms with Crippen LogP contribution in [0.5, 0.6) is 5.75 Å². The molecule has 0 spiro atoms. The Morgan fingerprint density at radius 3 is 2.59 bits per heavy atom. The molecular weight excluding hydrogens is 300 g/mol. The van der Waals surface area contributed by atoms with Crippen molar-refractivity contribution in [1.82, 2.24) is 9.62 Å². The topological polar surface area (TPSA) is 58.6 Å². The third-order valence-corrected chi connectivity index (χ3v) is 6.17. The van der Waals surface area contributed by atoms with Crippen molar-refractivity contribution in [2.24, 2.45) is 5.92 Å². The highest BCUT2D eigenvalue weighted by molar-refractivity contribution is 7.89. The molecule has 22 heavy (non-hydrogen) atoms. The smallest absolute Gasteiger partial charge is 0.240 e. The first-order valence-electron chi connectivity index (χ1n) is 7.81. The summed E-state index contributed by atoms with van der Waals surface area (Å²) in [7, 11) is -1.90. The number of benzene rings is 1. The van der Waals surface area contributed by atoms with Gasteiger partial charge in [-0.1, -0.05) is 6.92 Å². The fourth-order valence-corrected chi connectivity index (χ4v) is 4.60. The number of nitrogens with one attached hydrogen (secondary N) is 1. The van der Waals surface area contributed by atoms with Gasteiger partial charge in [0, 0.05) is 25.2 Å². The molecule has 2 aliphatic rings. The van der Waals surface area contributed by atoms with Crippen LogP contribution in [0.25, 0.3) is 0 Å². The molecule has 1 aromatic carbocycles.